The summed E-state index contributed by atoms with van der Waals surface area (Å²) in [7, 11) is 0. The number of hydrogen-bond donors (Lipinski definition) is 4. The average Bonchev–Trinajstić information content (AvgIpc) is 2.15. The molecule has 0 spiro atoms. The van der Waals surface area contributed by atoms with Crippen molar-refractivity contribution >= 4 is 11.7 Å². The first-order valence-corrected chi connectivity index (χ1v) is 4.71. The number of aromatic nitrogens is 1. The van der Waals surface area contributed by atoms with Crippen molar-refractivity contribution in [3.05, 3.63) is 23.5 Å². The van der Waals surface area contributed by atoms with Crippen LogP contribution < -0.4 is 5.73 Å². The van der Waals surface area contributed by atoms with Crippen LogP contribution in [0.25, 0.3) is 0 Å². The van der Waals surface area contributed by atoms with Gasteiger partial charge >= 0.3 is 5.97 Å². The van der Waals surface area contributed by atoms with E-state index in [1.54, 1.807) is 13.0 Å². The van der Waals surface area contributed by atoms with E-state index in [-0.39, 0.29) is 11.4 Å². The molecule has 16 heavy (non-hydrogen) atoms. The lowest BCUT2D eigenvalue weighted by atomic mass is 10.1. The highest BCUT2D eigenvalue weighted by molar-refractivity contribution is 5.67. The fourth-order valence-electron chi connectivity index (χ4n) is 1.32. The van der Waals surface area contributed by atoms with Gasteiger partial charge < -0.3 is 21.1 Å². The van der Waals surface area contributed by atoms with Gasteiger partial charge in [-0.2, -0.15) is 0 Å². The van der Waals surface area contributed by atoms with Gasteiger partial charge in [0.2, 0.25) is 0 Å². The maximum atomic E-state index is 10.4. The Morgan fingerprint density at radius 2 is 2.19 bits per heavy atom. The van der Waals surface area contributed by atoms with Crippen molar-refractivity contribution in [2.24, 2.45) is 0 Å². The molecule has 1 heterocycles. The molecule has 88 valence electrons. The lowest BCUT2D eigenvalue weighted by Crippen LogP contribution is -2.23. The normalized spacial score (nSPS) is 14.4. The number of rotatable bonds is 4. The van der Waals surface area contributed by atoms with E-state index < -0.39 is 24.6 Å². The van der Waals surface area contributed by atoms with Gasteiger partial charge in [0.1, 0.15) is 6.10 Å². The van der Waals surface area contributed by atoms with Gasteiger partial charge in [-0.25, -0.2) is 0 Å². The van der Waals surface area contributed by atoms with E-state index in [0.717, 1.165) is 5.56 Å². The first kappa shape index (κ1) is 12.4. The maximum Gasteiger partial charge on any atom is 0.306 e. The zero-order valence-electron chi connectivity index (χ0n) is 8.79. The molecular weight excluding hydrogens is 212 g/mol. The molecule has 1 aromatic heterocycles. The van der Waals surface area contributed by atoms with E-state index in [4.69, 9.17) is 10.8 Å². The minimum atomic E-state index is -1.42. The van der Waals surface area contributed by atoms with Crippen molar-refractivity contribution in [1.29, 1.82) is 0 Å². The van der Waals surface area contributed by atoms with Crippen LogP contribution >= 0.6 is 0 Å². The SMILES string of the molecule is Cc1cnc(C(O)C(O)CC(=O)O)c(N)c1. The second-order valence-electron chi connectivity index (χ2n) is 3.60. The van der Waals surface area contributed by atoms with Crippen LogP contribution in [0.2, 0.25) is 0 Å². The van der Waals surface area contributed by atoms with Crippen molar-refractivity contribution in [1.82, 2.24) is 4.98 Å². The van der Waals surface area contributed by atoms with Crippen molar-refractivity contribution in [2.75, 3.05) is 5.73 Å². The summed E-state index contributed by atoms with van der Waals surface area (Å²) in [6.07, 6.45) is -1.88. The zero-order valence-corrected chi connectivity index (χ0v) is 8.79. The van der Waals surface area contributed by atoms with Crippen LogP contribution in [0.5, 0.6) is 0 Å². The van der Waals surface area contributed by atoms with Crippen molar-refractivity contribution in [3.8, 4) is 0 Å². The van der Waals surface area contributed by atoms with Crippen LogP contribution in [0.1, 0.15) is 23.8 Å². The summed E-state index contributed by atoms with van der Waals surface area (Å²) in [6, 6.07) is 1.60. The lowest BCUT2D eigenvalue weighted by molar-refractivity contribution is -0.141. The summed E-state index contributed by atoms with van der Waals surface area (Å²) >= 11 is 0. The van der Waals surface area contributed by atoms with Crippen LogP contribution in [0, 0.1) is 6.92 Å². The van der Waals surface area contributed by atoms with E-state index in [1.807, 2.05) is 0 Å². The first-order chi connectivity index (χ1) is 7.41. The molecule has 2 atom stereocenters. The summed E-state index contributed by atoms with van der Waals surface area (Å²) in [6.45, 7) is 1.78. The molecule has 1 rings (SSSR count). The van der Waals surface area contributed by atoms with Gasteiger partial charge in [0.15, 0.2) is 0 Å². The van der Waals surface area contributed by atoms with Gasteiger partial charge in [-0.1, -0.05) is 0 Å². The third-order valence-electron chi connectivity index (χ3n) is 2.11. The predicted molar refractivity (Wildman–Crippen MR) is 56.6 cm³/mol. The molecule has 0 aliphatic rings. The second kappa shape index (κ2) is 4.91. The number of hydrogen-bond acceptors (Lipinski definition) is 5. The molecule has 0 amide bonds. The number of nitrogens with zero attached hydrogens (tertiary/aromatic N) is 1. The van der Waals surface area contributed by atoms with Crippen molar-refractivity contribution in [2.45, 2.75) is 25.6 Å². The highest BCUT2D eigenvalue weighted by Gasteiger charge is 2.24. The molecule has 2 unspecified atom stereocenters. The first-order valence-electron chi connectivity index (χ1n) is 4.71. The molecule has 5 N–H and O–H groups in total. The van der Waals surface area contributed by atoms with Crippen LogP contribution in [-0.4, -0.2) is 32.4 Å². The Kier molecular flexibility index (Phi) is 3.81. The Labute approximate surface area is 92.4 Å². The Morgan fingerprint density at radius 1 is 1.56 bits per heavy atom. The molecule has 1 aromatic rings. The largest absolute Gasteiger partial charge is 0.481 e. The Balaban J connectivity index is 2.87. The van der Waals surface area contributed by atoms with Gasteiger partial charge in [0.05, 0.1) is 23.9 Å². The molecule has 0 aromatic carbocycles. The monoisotopic (exact) mass is 226 g/mol. The Bertz CT molecular complexity index is 394. The van der Waals surface area contributed by atoms with Crippen molar-refractivity contribution < 1.29 is 20.1 Å². The topological polar surface area (TPSA) is 117 Å². The van der Waals surface area contributed by atoms with E-state index in [2.05, 4.69) is 4.98 Å². The maximum absolute atomic E-state index is 10.4. The van der Waals surface area contributed by atoms with Gasteiger partial charge in [0, 0.05) is 6.20 Å². The lowest BCUT2D eigenvalue weighted by Gasteiger charge is -2.17. The van der Waals surface area contributed by atoms with Crippen molar-refractivity contribution in [3.63, 3.8) is 0 Å². The number of nitrogen functional groups attached to an aromatic ring is 1. The van der Waals surface area contributed by atoms with Crippen LogP contribution in [0.4, 0.5) is 5.69 Å². The van der Waals surface area contributed by atoms with Crippen LogP contribution in [0.3, 0.4) is 0 Å². The molecule has 0 saturated carbocycles. The fraction of sp³-hybridized carbons (Fsp3) is 0.400. The summed E-state index contributed by atoms with van der Waals surface area (Å²) < 4.78 is 0. The third kappa shape index (κ3) is 2.91. The third-order valence-corrected chi connectivity index (χ3v) is 2.11. The van der Waals surface area contributed by atoms with Gasteiger partial charge in [-0.15, -0.1) is 0 Å². The smallest absolute Gasteiger partial charge is 0.306 e. The molecule has 0 aliphatic heterocycles. The number of carboxylic acid groups (broad SMARTS) is 1. The number of aliphatic hydroxyl groups excluding tert-OH is 2. The summed E-state index contributed by atoms with van der Waals surface area (Å²) in [5.41, 5.74) is 6.76. The standard InChI is InChI=1S/C10H14N2O4/c1-5-2-6(11)9(12-4-5)10(16)7(13)3-8(14)15/h2,4,7,10,13,16H,3,11H2,1H3,(H,14,15). The zero-order chi connectivity index (χ0) is 12.3. The molecule has 0 saturated heterocycles. The van der Waals surface area contributed by atoms with E-state index in [9.17, 15) is 15.0 Å². The van der Waals surface area contributed by atoms with E-state index in [1.165, 1.54) is 6.20 Å². The molecular formula is C10H14N2O4. The highest BCUT2D eigenvalue weighted by atomic mass is 16.4. The Hall–Kier alpha value is -1.66. The van der Waals surface area contributed by atoms with Gasteiger partial charge in [0.25, 0.3) is 0 Å². The molecule has 6 nitrogen and oxygen atoms in total. The van der Waals surface area contributed by atoms with E-state index in [0.29, 0.717) is 0 Å². The average molecular weight is 226 g/mol. The molecule has 0 aliphatic carbocycles. The molecule has 6 heteroatoms. The molecule has 0 bridgehead atoms. The number of aliphatic hydroxyl groups is 2. The summed E-state index contributed by atoms with van der Waals surface area (Å²) in [5.74, 6) is -1.20. The van der Waals surface area contributed by atoms with E-state index >= 15 is 0 Å². The number of anilines is 1. The number of aryl methyl sites for hydroxylation is 1. The molecule has 0 radical (unpaired) electrons. The minimum Gasteiger partial charge on any atom is -0.481 e. The number of carbonyl (C=O) groups is 1. The highest BCUT2D eigenvalue weighted by Crippen LogP contribution is 2.22. The van der Waals surface area contributed by atoms with Gasteiger partial charge in [-0.05, 0) is 18.6 Å². The fourth-order valence-corrected chi connectivity index (χ4v) is 1.32. The Morgan fingerprint density at radius 3 is 2.69 bits per heavy atom. The number of aliphatic carboxylic acids is 1. The number of nitrogens with two attached hydrogens (primary N) is 1. The van der Waals surface area contributed by atoms with Crippen LogP contribution in [0.15, 0.2) is 12.3 Å². The van der Waals surface area contributed by atoms with Gasteiger partial charge in [-0.3, -0.25) is 9.78 Å². The number of pyridine rings is 1. The quantitative estimate of drug-likeness (QED) is 0.567. The molecule has 0 fully saturated rings. The summed E-state index contributed by atoms with van der Waals surface area (Å²) in [4.78, 5) is 14.2. The summed E-state index contributed by atoms with van der Waals surface area (Å²) in [5, 5.41) is 27.5. The number of carboxylic acids is 1. The van der Waals surface area contributed by atoms with Crippen LogP contribution in [-0.2, 0) is 4.79 Å². The predicted octanol–water partition coefficient (Wildman–Crippen LogP) is -0.159. The minimum absolute atomic E-state index is 0.0966. The second-order valence-corrected chi connectivity index (χ2v) is 3.60.